The van der Waals surface area contributed by atoms with Gasteiger partial charge in [0.25, 0.3) is 0 Å². The molecule has 4 rings (SSSR count). The van der Waals surface area contributed by atoms with Crippen molar-refractivity contribution in [2.24, 2.45) is 11.8 Å². The number of hydrogen-bond acceptors (Lipinski definition) is 3. The molecular weight excluding hydrogens is 278 g/mol. The number of imidazole rings is 1. The maximum absolute atomic E-state index is 12.0. The topological polar surface area (TPSA) is 75.1 Å². The van der Waals surface area contributed by atoms with E-state index in [4.69, 9.17) is 0 Å². The van der Waals surface area contributed by atoms with Gasteiger partial charge in [0.15, 0.2) is 11.3 Å². The van der Waals surface area contributed by atoms with Crippen LogP contribution < -0.4 is 5.32 Å². The SMILES string of the molecule is CNC(=O)[C@H]1C[C@@H](C)[C@@H](c2cnc3cnc4[nH]ccc4n23)C1. The minimum atomic E-state index is 0.0964. The Morgan fingerprint density at radius 2 is 2.23 bits per heavy atom. The summed E-state index contributed by atoms with van der Waals surface area (Å²) in [6.45, 7) is 2.22. The summed E-state index contributed by atoms with van der Waals surface area (Å²) in [6, 6.07) is 2.02. The highest BCUT2D eigenvalue weighted by molar-refractivity contribution is 5.79. The summed E-state index contributed by atoms with van der Waals surface area (Å²) in [5, 5.41) is 2.78. The van der Waals surface area contributed by atoms with E-state index in [2.05, 4.69) is 31.6 Å². The molecule has 2 N–H and O–H groups in total. The second kappa shape index (κ2) is 4.83. The van der Waals surface area contributed by atoms with E-state index in [9.17, 15) is 4.79 Å². The Bertz CT molecular complexity index is 849. The van der Waals surface area contributed by atoms with E-state index in [1.54, 1.807) is 13.2 Å². The van der Waals surface area contributed by atoms with E-state index >= 15 is 0 Å². The highest BCUT2D eigenvalue weighted by atomic mass is 16.1. The third-order valence-corrected chi connectivity index (χ3v) is 4.95. The largest absolute Gasteiger partial charge is 0.359 e. The fourth-order valence-electron chi connectivity index (χ4n) is 3.83. The van der Waals surface area contributed by atoms with Crippen LogP contribution in [0.1, 0.15) is 31.4 Å². The maximum Gasteiger partial charge on any atom is 0.222 e. The van der Waals surface area contributed by atoms with Gasteiger partial charge in [-0.15, -0.1) is 0 Å². The molecule has 6 nitrogen and oxygen atoms in total. The van der Waals surface area contributed by atoms with Crippen LogP contribution in [-0.4, -0.2) is 32.3 Å². The van der Waals surface area contributed by atoms with Crippen LogP contribution >= 0.6 is 0 Å². The van der Waals surface area contributed by atoms with Crippen LogP contribution in [0.4, 0.5) is 0 Å². The normalized spacial score (nSPS) is 25.1. The number of aromatic amines is 1. The molecule has 3 aromatic heterocycles. The second-order valence-corrected chi connectivity index (χ2v) is 6.21. The molecule has 3 atom stereocenters. The monoisotopic (exact) mass is 297 g/mol. The number of hydrogen-bond donors (Lipinski definition) is 2. The summed E-state index contributed by atoms with van der Waals surface area (Å²) < 4.78 is 2.17. The average Bonchev–Trinajstić information content (AvgIpc) is 3.22. The van der Waals surface area contributed by atoms with E-state index in [1.807, 2.05) is 18.5 Å². The quantitative estimate of drug-likeness (QED) is 0.760. The van der Waals surface area contributed by atoms with Gasteiger partial charge in [-0.1, -0.05) is 6.92 Å². The standard InChI is InChI=1S/C16H19N5O/c1-9-5-10(16(22)17-2)6-11(9)13-7-19-14-8-20-15-12(21(13)14)3-4-18-15/h3-4,7-11,18H,5-6H2,1-2H3,(H,17,22)/t9-,10+,11+/m1/s1. The van der Waals surface area contributed by atoms with Gasteiger partial charge >= 0.3 is 0 Å². The molecule has 0 spiro atoms. The van der Waals surface area contributed by atoms with Gasteiger partial charge in [0.2, 0.25) is 5.91 Å². The van der Waals surface area contributed by atoms with E-state index in [-0.39, 0.29) is 11.8 Å². The van der Waals surface area contributed by atoms with Crippen LogP contribution in [0.3, 0.4) is 0 Å². The van der Waals surface area contributed by atoms with Crippen LogP contribution in [-0.2, 0) is 4.79 Å². The van der Waals surface area contributed by atoms with Gasteiger partial charge in [0.1, 0.15) is 0 Å². The van der Waals surface area contributed by atoms with E-state index in [0.29, 0.717) is 11.8 Å². The van der Waals surface area contributed by atoms with Gasteiger partial charge in [0, 0.05) is 37.0 Å². The molecule has 0 radical (unpaired) electrons. The van der Waals surface area contributed by atoms with Crippen molar-refractivity contribution in [3.8, 4) is 0 Å². The van der Waals surface area contributed by atoms with Gasteiger partial charge < -0.3 is 10.3 Å². The predicted molar refractivity (Wildman–Crippen MR) is 83.5 cm³/mol. The first-order chi connectivity index (χ1) is 10.7. The fraction of sp³-hybridized carbons (Fsp3) is 0.438. The first-order valence-electron chi connectivity index (χ1n) is 7.70. The van der Waals surface area contributed by atoms with Crippen molar-refractivity contribution >= 4 is 22.7 Å². The van der Waals surface area contributed by atoms with Gasteiger partial charge in [-0.2, -0.15) is 0 Å². The Kier molecular flexibility index (Phi) is 2.92. The molecule has 3 heterocycles. The van der Waals surface area contributed by atoms with Crippen molar-refractivity contribution in [2.75, 3.05) is 7.05 Å². The lowest BCUT2D eigenvalue weighted by Gasteiger charge is -2.15. The van der Waals surface area contributed by atoms with Crippen molar-refractivity contribution in [2.45, 2.75) is 25.7 Å². The molecule has 1 fully saturated rings. The highest BCUT2D eigenvalue weighted by Gasteiger charge is 2.37. The summed E-state index contributed by atoms with van der Waals surface area (Å²) in [6.07, 6.45) is 7.43. The molecule has 1 aliphatic rings. The van der Waals surface area contributed by atoms with Crippen molar-refractivity contribution in [1.82, 2.24) is 24.7 Å². The molecule has 1 saturated carbocycles. The van der Waals surface area contributed by atoms with Gasteiger partial charge in [-0.05, 0) is 24.8 Å². The lowest BCUT2D eigenvalue weighted by atomic mass is 9.95. The molecule has 0 aliphatic heterocycles. The summed E-state index contributed by atoms with van der Waals surface area (Å²) in [5.74, 6) is 1.05. The predicted octanol–water partition coefficient (Wildman–Crippen LogP) is 2.09. The Hall–Kier alpha value is -2.37. The van der Waals surface area contributed by atoms with E-state index < -0.39 is 0 Å². The summed E-state index contributed by atoms with van der Waals surface area (Å²) in [7, 11) is 1.71. The third-order valence-electron chi connectivity index (χ3n) is 4.95. The molecular formula is C16H19N5O. The minimum Gasteiger partial charge on any atom is -0.359 e. The van der Waals surface area contributed by atoms with Crippen LogP contribution in [0.25, 0.3) is 16.8 Å². The van der Waals surface area contributed by atoms with Crippen LogP contribution in [0, 0.1) is 11.8 Å². The summed E-state index contributed by atoms with van der Waals surface area (Å²) in [4.78, 5) is 24.0. The third kappa shape index (κ3) is 1.83. The smallest absolute Gasteiger partial charge is 0.222 e. The molecule has 114 valence electrons. The number of aromatic nitrogens is 4. The molecule has 6 heteroatoms. The Balaban J connectivity index is 1.81. The van der Waals surface area contributed by atoms with Gasteiger partial charge in [-0.3, -0.25) is 9.20 Å². The molecule has 1 aliphatic carbocycles. The van der Waals surface area contributed by atoms with Crippen molar-refractivity contribution in [3.63, 3.8) is 0 Å². The average molecular weight is 297 g/mol. The van der Waals surface area contributed by atoms with Crippen molar-refractivity contribution < 1.29 is 4.79 Å². The first-order valence-corrected chi connectivity index (χ1v) is 7.70. The zero-order valence-electron chi connectivity index (χ0n) is 12.7. The Morgan fingerprint density at radius 1 is 1.36 bits per heavy atom. The zero-order valence-corrected chi connectivity index (χ0v) is 12.7. The van der Waals surface area contributed by atoms with Crippen LogP contribution in [0.15, 0.2) is 24.7 Å². The Labute approximate surface area is 128 Å². The molecule has 0 saturated heterocycles. The zero-order chi connectivity index (χ0) is 15.3. The minimum absolute atomic E-state index is 0.0964. The van der Waals surface area contributed by atoms with Crippen molar-refractivity contribution in [3.05, 3.63) is 30.4 Å². The first kappa shape index (κ1) is 13.3. The highest BCUT2D eigenvalue weighted by Crippen LogP contribution is 2.43. The van der Waals surface area contributed by atoms with Crippen LogP contribution in [0.5, 0.6) is 0 Å². The number of H-pyrrole nitrogens is 1. The van der Waals surface area contributed by atoms with Gasteiger partial charge in [0.05, 0.1) is 11.7 Å². The van der Waals surface area contributed by atoms with E-state index in [1.165, 1.54) is 5.69 Å². The number of carbonyl (C=O) groups excluding carboxylic acids is 1. The lowest BCUT2D eigenvalue weighted by Crippen LogP contribution is -2.25. The number of nitrogens with one attached hydrogen (secondary N) is 2. The molecule has 3 aromatic rings. The molecule has 1 amide bonds. The second-order valence-electron chi connectivity index (χ2n) is 6.21. The Morgan fingerprint density at radius 3 is 3.05 bits per heavy atom. The number of fused-ring (bicyclic) bond motifs is 3. The summed E-state index contributed by atoms with van der Waals surface area (Å²) in [5.41, 5.74) is 3.94. The number of nitrogens with zero attached hydrogens (tertiary/aromatic N) is 3. The van der Waals surface area contributed by atoms with E-state index in [0.717, 1.165) is 29.7 Å². The molecule has 0 aromatic carbocycles. The number of rotatable bonds is 2. The lowest BCUT2D eigenvalue weighted by molar-refractivity contribution is -0.124. The van der Waals surface area contributed by atoms with Gasteiger partial charge in [-0.25, -0.2) is 9.97 Å². The van der Waals surface area contributed by atoms with Crippen LogP contribution in [0.2, 0.25) is 0 Å². The summed E-state index contributed by atoms with van der Waals surface area (Å²) >= 11 is 0. The maximum atomic E-state index is 12.0. The molecule has 22 heavy (non-hydrogen) atoms. The fourth-order valence-corrected chi connectivity index (χ4v) is 3.83. The van der Waals surface area contributed by atoms with Crippen molar-refractivity contribution in [1.29, 1.82) is 0 Å². The molecule has 0 unspecified atom stereocenters. The number of amides is 1. The molecule has 0 bridgehead atoms. The number of carbonyl (C=O) groups is 1.